The fraction of sp³-hybridized carbons (Fsp3) is 0.286. The number of amides is 3. The highest BCUT2D eigenvalue weighted by atomic mass is 35.5. The van der Waals surface area contributed by atoms with Crippen LogP contribution in [0.25, 0.3) is 0 Å². The number of rotatable bonds is 3. The molecular formula is C21H18Cl2N2O3. The van der Waals surface area contributed by atoms with Crippen LogP contribution in [0.3, 0.4) is 0 Å². The summed E-state index contributed by atoms with van der Waals surface area (Å²) in [5, 5.41) is 3.27. The highest BCUT2D eigenvalue weighted by molar-refractivity contribution is 6.44. The van der Waals surface area contributed by atoms with Crippen LogP contribution < -0.4 is 5.32 Å². The summed E-state index contributed by atoms with van der Waals surface area (Å²) in [6, 6.07) is 9.46. The van der Waals surface area contributed by atoms with Crippen molar-refractivity contribution in [2.75, 3.05) is 5.32 Å². The maximum absolute atomic E-state index is 12.9. The zero-order chi connectivity index (χ0) is 19.8. The smallest absolute Gasteiger partial charge is 0.261 e. The molecule has 4 rings (SSSR count). The number of hydrogen-bond acceptors (Lipinski definition) is 3. The molecule has 0 bridgehead atoms. The van der Waals surface area contributed by atoms with Gasteiger partial charge in [-0.15, -0.1) is 0 Å². The minimum atomic E-state index is -0.427. The molecule has 1 fully saturated rings. The van der Waals surface area contributed by atoms with E-state index in [-0.39, 0.29) is 34.0 Å². The first-order chi connectivity index (χ1) is 13.5. The van der Waals surface area contributed by atoms with Gasteiger partial charge < -0.3 is 5.32 Å². The lowest BCUT2D eigenvalue weighted by molar-refractivity contribution is 0.0549. The van der Waals surface area contributed by atoms with Crippen LogP contribution >= 0.6 is 23.2 Å². The van der Waals surface area contributed by atoms with Crippen molar-refractivity contribution in [2.24, 2.45) is 0 Å². The molecule has 2 aliphatic rings. The Labute approximate surface area is 172 Å². The molecule has 5 nitrogen and oxygen atoms in total. The summed E-state index contributed by atoms with van der Waals surface area (Å²) in [4.78, 5) is 39.6. The van der Waals surface area contributed by atoms with Crippen molar-refractivity contribution in [2.45, 2.75) is 38.1 Å². The van der Waals surface area contributed by atoms with Crippen LogP contribution in [0, 0.1) is 0 Å². The van der Waals surface area contributed by atoms with Gasteiger partial charge in [0.1, 0.15) is 0 Å². The summed E-state index contributed by atoms with van der Waals surface area (Å²) < 4.78 is 0. The molecule has 3 amide bonds. The maximum atomic E-state index is 12.9. The molecule has 0 unspecified atom stereocenters. The summed E-state index contributed by atoms with van der Waals surface area (Å²) in [6.45, 7) is 0. The minimum absolute atomic E-state index is 0.0521. The van der Waals surface area contributed by atoms with Gasteiger partial charge in [0.15, 0.2) is 0 Å². The first kappa shape index (κ1) is 19.0. The number of imide groups is 1. The van der Waals surface area contributed by atoms with Crippen molar-refractivity contribution >= 4 is 46.6 Å². The summed E-state index contributed by atoms with van der Waals surface area (Å²) in [5.74, 6) is -1.01. The van der Waals surface area contributed by atoms with Crippen LogP contribution in [0.15, 0.2) is 36.4 Å². The van der Waals surface area contributed by atoms with Gasteiger partial charge in [0.25, 0.3) is 17.7 Å². The number of hydrogen-bond donors (Lipinski definition) is 1. The molecule has 2 aromatic carbocycles. The largest absolute Gasteiger partial charge is 0.321 e. The van der Waals surface area contributed by atoms with Crippen LogP contribution in [0.4, 0.5) is 5.69 Å². The maximum Gasteiger partial charge on any atom is 0.261 e. The van der Waals surface area contributed by atoms with Crippen molar-refractivity contribution in [1.82, 2.24) is 4.90 Å². The third kappa shape index (κ3) is 3.29. The number of nitrogens with zero attached hydrogens (tertiary/aromatic N) is 1. The third-order valence-corrected chi connectivity index (χ3v) is 6.14. The second-order valence-corrected chi connectivity index (χ2v) is 7.87. The lowest BCUT2D eigenvalue weighted by Gasteiger charge is -2.29. The molecule has 1 N–H and O–H groups in total. The number of carbonyl (C=O) groups is 3. The Balaban J connectivity index is 1.59. The van der Waals surface area contributed by atoms with E-state index in [2.05, 4.69) is 5.32 Å². The van der Waals surface area contributed by atoms with E-state index >= 15 is 0 Å². The predicted molar refractivity (Wildman–Crippen MR) is 108 cm³/mol. The van der Waals surface area contributed by atoms with E-state index in [0.29, 0.717) is 16.3 Å². The highest BCUT2D eigenvalue weighted by Crippen LogP contribution is 2.32. The van der Waals surface area contributed by atoms with Crippen molar-refractivity contribution in [1.29, 1.82) is 0 Å². The molecule has 0 saturated heterocycles. The Bertz CT molecular complexity index is 984. The average molecular weight is 417 g/mol. The lowest BCUT2D eigenvalue weighted by atomic mass is 9.94. The molecule has 1 saturated carbocycles. The molecule has 2 aromatic rings. The third-order valence-electron chi connectivity index (χ3n) is 5.32. The SMILES string of the molecule is O=C(Nc1cccc(Cl)c1Cl)c1ccc2c(c1)C(=O)N(C1CCCCC1)C2=O. The molecule has 144 valence electrons. The fourth-order valence-electron chi connectivity index (χ4n) is 3.87. The van der Waals surface area contributed by atoms with Crippen molar-refractivity contribution < 1.29 is 14.4 Å². The average Bonchev–Trinajstić information content (AvgIpc) is 2.96. The van der Waals surface area contributed by atoms with Gasteiger partial charge in [0.05, 0.1) is 26.9 Å². The molecule has 1 aliphatic heterocycles. The zero-order valence-electron chi connectivity index (χ0n) is 15.0. The van der Waals surface area contributed by atoms with Crippen molar-refractivity contribution in [3.63, 3.8) is 0 Å². The molecule has 7 heteroatoms. The summed E-state index contributed by atoms with van der Waals surface area (Å²) in [7, 11) is 0. The second-order valence-electron chi connectivity index (χ2n) is 7.09. The molecule has 1 heterocycles. The number of fused-ring (bicyclic) bond motifs is 1. The summed E-state index contributed by atoms with van der Waals surface area (Å²) in [5.41, 5.74) is 1.29. The van der Waals surface area contributed by atoms with Gasteiger partial charge in [-0.25, -0.2) is 0 Å². The number of benzene rings is 2. The van der Waals surface area contributed by atoms with E-state index in [1.54, 1.807) is 30.3 Å². The Morgan fingerprint density at radius 1 is 0.964 bits per heavy atom. The van der Waals surface area contributed by atoms with E-state index in [4.69, 9.17) is 23.2 Å². The second kappa shape index (κ2) is 7.57. The topological polar surface area (TPSA) is 66.5 Å². The molecular weight excluding hydrogens is 399 g/mol. The molecule has 0 atom stereocenters. The van der Waals surface area contributed by atoms with E-state index < -0.39 is 5.91 Å². The monoisotopic (exact) mass is 416 g/mol. The minimum Gasteiger partial charge on any atom is -0.321 e. The normalized spacial score (nSPS) is 17.0. The van der Waals surface area contributed by atoms with Crippen LogP contribution in [0.1, 0.15) is 63.2 Å². The lowest BCUT2D eigenvalue weighted by Crippen LogP contribution is -2.40. The summed E-state index contributed by atoms with van der Waals surface area (Å²) >= 11 is 12.1. The molecule has 0 spiro atoms. The van der Waals surface area contributed by atoms with Gasteiger partial charge in [-0.3, -0.25) is 19.3 Å². The Hall–Kier alpha value is -2.37. The van der Waals surface area contributed by atoms with Gasteiger partial charge in [-0.1, -0.05) is 48.5 Å². The van der Waals surface area contributed by atoms with Crippen LogP contribution in [-0.4, -0.2) is 28.7 Å². The molecule has 0 aromatic heterocycles. The van der Waals surface area contributed by atoms with E-state index in [9.17, 15) is 14.4 Å². The Morgan fingerprint density at radius 3 is 2.43 bits per heavy atom. The van der Waals surface area contributed by atoms with Gasteiger partial charge in [-0.2, -0.15) is 0 Å². The van der Waals surface area contributed by atoms with Crippen LogP contribution in [-0.2, 0) is 0 Å². The van der Waals surface area contributed by atoms with Gasteiger partial charge in [-0.05, 0) is 43.2 Å². The standard InChI is InChI=1S/C21H18Cl2N2O3/c22-16-7-4-8-17(18(16)23)24-19(26)12-9-10-14-15(11-12)21(28)25(20(14)27)13-5-2-1-3-6-13/h4,7-11,13H,1-3,5-6H2,(H,24,26). The number of anilines is 1. The Morgan fingerprint density at radius 2 is 1.68 bits per heavy atom. The number of carbonyl (C=O) groups excluding carboxylic acids is 3. The first-order valence-electron chi connectivity index (χ1n) is 9.24. The Kier molecular flexibility index (Phi) is 5.13. The molecule has 28 heavy (non-hydrogen) atoms. The first-order valence-corrected chi connectivity index (χ1v) is 10.0. The number of halogens is 2. The predicted octanol–water partition coefficient (Wildman–Crippen LogP) is 5.17. The van der Waals surface area contributed by atoms with E-state index in [0.717, 1.165) is 32.1 Å². The zero-order valence-corrected chi connectivity index (χ0v) is 16.5. The fourth-order valence-corrected chi connectivity index (χ4v) is 4.21. The van der Waals surface area contributed by atoms with Gasteiger partial charge in [0.2, 0.25) is 0 Å². The van der Waals surface area contributed by atoms with E-state index in [1.807, 2.05) is 0 Å². The van der Waals surface area contributed by atoms with Crippen molar-refractivity contribution in [3.05, 3.63) is 63.1 Å². The molecule has 0 radical (unpaired) electrons. The van der Waals surface area contributed by atoms with E-state index in [1.165, 1.54) is 11.0 Å². The van der Waals surface area contributed by atoms with Crippen LogP contribution in [0.5, 0.6) is 0 Å². The molecule has 1 aliphatic carbocycles. The highest BCUT2D eigenvalue weighted by Gasteiger charge is 2.40. The summed E-state index contributed by atoms with van der Waals surface area (Å²) in [6.07, 6.45) is 4.85. The van der Waals surface area contributed by atoms with Gasteiger partial charge in [0, 0.05) is 11.6 Å². The quantitative estimate of drug-likeness (QED) is 0.701. The number of nitrogens with one attached hydrogen (secondary N) is 1. The van der Waals surface area contributed by atoms with Gasteiger partial charge >= 0.3 is 0 Å². The van der Waals surface area contributed by atoms with Crippen molar-refractivity contribution in [3.8, 4) is 0 Å². The van der Waals surface area contributed by atoms with Crippen LogP contribution in [0.2, 0.25) is 10.0 Å².